The first kappa shape index (κ1) is 21.8. The summed E-state index contributed by atoms with van der Waals surface area (Å²) in [7, 11) is 1.57. The number of carbonyl (C=O) groups is 1. The number of methoxy groups -OCH3 is 1. The Morgan fingerprint density at radius 1 is 1.09 bits per heavy atom. The number of hydrogen-bond acceptors (Lipinski definition) is 6. The summed E-state index contributed by atoms with van der Waals surface area (Å²) >= 11 is 1.33. The number of amides is 1. The smallest absolute Gasteiger partial charge is 0.283 e. The van der Waals surface area contributed by atoms with Crippen molar-refractivity contribution < 1.29 is 14.3 Å². The van der Waals surface area contributed by atoms with Gasteiger partial charge in [0.25, 0.3) is 5.91 Å². The van der Waals surface area contributed by atoms with Gasteiger partial charge in [0.1, 0.15) is 11.1 Å². The Bertz CT molecular complexity index is 1160. The van der Waals surface area contributed by atoms with Crippen LogP contribution in [0.15, 0.2) is 64.2 Å². The molecule has 1 atom stereocenters. The summed E-state index contributed by atoms with van der Waals surface area (Å²) in [6.07, 6.45) is 1.47. The van der Waals surface area contributed by atoms with Crippen LogP contribution in [-0.2, 0) is 4.79 Å². The van der Waals surface area contributed by atoms with Gasteiger partial charge < -0.3 is 9.47 Å². The van der Waals surface area contributed by atoms with E-state index < -0.39 is 5.91 Å². The predicted molar refractivity (Wildman–Crippen MR) is 128 cm³/mol. The fraction of sp³-hybridized carbons (Fsp3) is 0.250. The lowest BCUT2D eigenvalue weighted by molar-refractivity contribution is -0.114. The van der Waals surface area contributed by atoms with Gasteiger partial charge in [-0.1, -0.05) is 50.2 Å². The minimum absolute atomic E-state index is 0.0140. The Labute approximate surface area is 191 Å². The minimum atomic E-state index is -0.453. The minimum Gasteiger partial charge on any atom is -0.493 e. The van der Waals surface area contributed by atoms with E-state index in [1.807, 2.05) is 57.2 Å². The molecular formula is C24H24N4O3S. The number of thioether (sulfide) groups is 1. The normalized spacial score (nSPS) is 17.9. The van der Waals surface area contributed by atoms with E-state index in [9.17, 15) is 4.79 Å². The van der Waals surface area contributed by atoms with Crippen LogP contribution in [0.4, 0.5) is 0 Å². The van der Waals surface area contributed by atoms with Gasteiger partial charge in [-0.2, -0.15) is 15.1 Å². The third-order valence-corrected chi connectivity index (χ3v) is 6.24. The number of hydrogen-bond donors (Lipinski definition) is 1. The van der Waals surface area contributed by atoms with Gasteiger partial charge in [-0.3, -0.25) is 10.2 Å². The number of hydrazone groups is 1. The first-order valence-electron chi connectivity index (χ1n) is 10.3. The molecule has 1 N–H and O–H groups in total. The van der Waals surface area contributed by atoms with E-state index in [4.69, 9.17) is 14.9 Å². The summed E-state index contributed by atoms with van der Waals surface area (Å²) < 4.78 is 11.6. The highest BCUT2D eigenvalue weighted by Gasteiger charge is 2.36. The number of nitrogens with zero attached hydrogens (tertiary/aromatic N) is 3. The number of rotatable bonds is 6. The summed E-state index contributed by atoms with van der Waals surface area (Å²) in [6.45, 7) is 6.01. The maximum absolute atomic E-state index is 12.6. The first-order valence-corrected chi connectivity index (χ1v) is 11.1. The molecule has 2 aliphatic rings. The second kappa shape index (κ2) is 9.00. The topological polar surface area (TPSA) is 87.3 Å². The van der Waals surface area contributed by atoms with E-state index in [2.05, 4.69) is 10.1 Å². The molecule has 0 aliphatic carbocycles. The monoisotopic (exact) mass is 448 g/mol. The molecule has 2 aromatic carbocycles. The number of amidine groups is 2. The summed E-state index contributed by atoms with van der Waals surface area (Å²) in [6, 6.07) is 15.3. The molecule has 4 rings (SSSR count). The maximum atomic E-state index is 12.6. The molecule has 7 nitrogen and oxygen atoms in total. The number of aliphatic imine (C=N–C) groups is 1. The molecule has 164 valence electrons. The van der Waals surface area contributed by atoms with E-state index in [0.717, 1.165) is 10.6 Å². The third-order valence-electron chi connectivity index (χ3n) is 5.04. The fourth-order valence-corrected chi connectivity index (χ4v) is 4.15. The van der Waals surface area contributed by atoms with Crippen LogP contribution in [0.5, 0.6) is 11.5 Å². The maximum Gasteiger partial charge on any atom is 0.283 e. The average molecular weight is 449 g/mol. The molecule has 1 amide bonds. The fourth-order valence-electron chi connectivity index (χ4n) is 3.26. The zero-order valence-corrected chi connectivity index (χ0v) is 19.1. The Kier molecular flexibility index (Phi) is 6.14. The number of carbonyl (C=O) groups excluding carboxylic acids is 1. The SMILES string of the molecule is COc1cc(/C=C2\C(=N)N3N=C(C(C)C)SC3=NC2=O)ccc1O[C@@H](C)c1ccccc1. The van der Waals surface area contributed by atoms with E-state index >= 15 is 0 Å². The predicted octanol–water partition coefficient (Wildman–Crippen LogP) is 5.11. The van der Waals surface area contributed by atoms with Crippen molar-refractivity contribution in [1.82, 2.24) is 5.01 Å². The molecular weight excluding hydrogens is 424 g/mol. The molecule has 0 radical (unpaired) electrons. The van der Waals surface area contributed by atoms with Crippen LogP contribution in [0.3, 0.4) is 0 Å². The Morgan fingerprint density at radius 2 is 1.84 bits per heavy atom. The second-order valence-electron chi connectivity index (χ2n) is 7.69. The van der Waals surface area contributed by atoms with Gasteiger partial charge >= 0.3 is 0 Å². The molecule has 2 aliphatic heterocycles. The molecule has 32 heavy (non-hydrogen) atoms. The van der Waals surface area contributed by atoms with Gasteiger partial charge in [-0.15, -0.1) is 0 Å². The number of benzene rings is 2. The average Bonchev–Trinajstić information content (AvgIpc) is 3.22. The van der Waals surface area contributed by atoms with Gasteiger partial charge in [-0.25, -0.2) is 0 Å². The highest BCUT2D eigenvalue weighted by atomic mass is 32.2. The van der Waals surface area contributed by atoms with Crippen molar-refractivity contribution >= 4 is 39.8 Å². The standard InChI is InChI=1S/C24H24N4O3S/c1-14(2)23-27-28-21(25)18(22(29)26-24(28)32-23)12-16-10-11-19(20(13-16)30-4)31-15(3)17-8-6-5-7-9-17/h5-15,25H,1-4H3/b18-12+,25-21?/t15-/m0/s1. The zero-order chi connectivity index (χ0) is 22.8. The quantitative estimate of drug-likeness (QED) is 0.621. The van der Waals surface area contributed by atoms with E-state index in [-0.39, 0.29) is 23.4 Å². The van der Waals surface area contributed by atoms with Gasteiger partial charge in [0.15, 0.2) is 17.3 Å². The van der Waals surface area contributed by atoms with Crippen molar-refractivity contribution in [3.05, 3.63) is 65.2 Å². The van der Waals surface area contributed by atoms with E-state index in [0.29, 0.717) is 22.2 Å². The van der Waals surface area contributed by atoms with Crippen molar-refractivity contribution in [3.63, 3.8) is 0 Å². The summed E-state index contributed by atoms with van der Waals surface area (Å²) in [4.78, 5) is 16.7. The second-order valence-corrected chi connectivity index (χ2v) is 8.68. The number of nitrogens with one attached hydrogen (secondary N) is 1. The first-order chi connectivity index (χ1) is 15.4. The van der Waals surface area contributed by atoms with Crippen LogP contribution in [0.25, 0.3) is 6.08 Å². The zero-order valence-electron chi connectivity index (χ0n) is 18.3. The molecule has 0 saturated carbocycles. The van der Waals surface area contributed by atoms with Crippen LogP contribution >= 0.6 is 11.8 Å². The molecule has 0 spiro atoms. The van der Waals surface area contributed by atoms with Crippen molar-refractivity contribution in [2.24, 2.45) is 16.0 Å². The van der Waals surface area contributed by atoms with Crippen LogP contribution < -0.4 is 9.47 Å². The van der Waals surface area contributed by atoms with Crippen LogP contribution in [0.1, 0.15) is 38.0 Å². The molecule has 0 saturated heterocycles. The molecule has 8 heteroatoms. The van der Waals surface area contributed by atoms with Crippen molar-refractivity contribution in [2.75, 3.05) is 7.11 Å². The molecule has 0 bridgehead atoms. The highest BCUT2D eigenvalue weighted by Crippen LogP contribution is 2.34. The Balaban J connectivity index is 1.59. The highest BCUT2D eigenvalue weighted by molar-refractivity contribution is 8.27. The van der Waals surface area contributed by atoms with Crippen molar-refractivity contribution in [3.8, 4) is 11.5 Å². The number of ether oxygens (including phenoxy) is 2. The van der Waals surface area contributed by atoms with E-state index in [1.165, 1.54) is 16.8 Å². The lowest BCUT2D eigenvalue weighted by Gasteiger charge is -2.20. The summed E-state index contributed by atoms with van der Waals surface area (Å²) in [5.41, 5.74) is 1.94. The van der Waals surface area contributed by atoms with Gasteiger partial charge in [-0.05, 0) is 48.0 Å². The van der Waals surface area contributed by atoms with Crippen LogP contribution in [0, 0.1) is 11.3 Å². The van der Waals surface area contributed by atoms with Crippen LogP contribution in [0.2, 0.25) is 0 Å². The molecule has 0 unspecified atom stereocenters. The molecule has 2 aromatic rings. The largest absolute Gasteiger partial charge is 0.493 e. The summed E-state index contributed by atoms with van der Waals surface area (Å²) in [5, 5.41) is 15.6. The van der Waals surface area contributed by atoms with Gasteiger partial charge in [0, 0.05) is 5.92 Å². The Hall–Kier alpha value is -3.39. The number of fused-ring (bicyclic) bond motifs is 1. The van der Waals surface area contributed by atoms with Crippen molar-refractivity contribution in [2.45, 2.75) is 26.9 Å². The van der Waals surface area contributed by atoms with Gasteiger partial charge in [0.05, 0.1) is 12.7 Å². The van der Waals surface area contributed by atoms with Crippen LogP contribution in [-0.4, -0.2) is 34.1 Å². The summed E-state index contributed by atoms with van der Waals surface area (Å²) in [5.74, 6) is 0.890. The third kappa shape index (κ3) is 4.31. The molecule has 0 aromatic heterocycles. The van der Waals surface area contributed by atoms with E-state index in [1.54, 1.807) is 25.3 Å². The van der Waals surface area contributed by atoms with Crippen molar-refractivity contribution in [1.29, 1.82) is 5.41 Å². The lowest BCUT2D eigenvalue weighted by Crippen LogP contribution is -2.35. The lowest BCUT2D eigenvalue weighted by atomic mass is 10.1. The Morgan fingerprint density at radius 3 is 2.53 bits per heavy atom. The van der Waals surface area contributed by atoms with Gasteiger partial charge in [0.2, 0.25) is 5.17 Å². The molecule has 0 fully saturated rings. The molecule has 2 heterocycles.